The Kier molecular flexibility index (Phi) is 4.88. The van der Waals surface area contributed by atoms with Gasteiger partial charge < -0.3 is 20.7 Å². The average molecular weight is 412 g/mol. The van der Waals surface area contributed by atoms with Crippen LogP contribution < -0.4 is 16.4 Å². The topological polar surface area (TPSA) is 114 Å². The number of fused-ring (bicyclic) bond motifs is 1. The van der Waals surface area contributed by atoms with Gasteiger partial charge in [0.2, 0.25) is 11.8 Å². The first-order chi connectivity index (χ1) is 14.4. The quantitative estimate of drug-likeness (QED) is 0.624. The van der Waals surface area contributed by atoms with Gasteiger partial charge in [-0.15, -0.1) is 0 Å². The highest BCUT2D eigenvalue weighted by Gasteiger charge is 2.47. The fourth-order valence-corrected chi connectivity index (χ4v) is 5.45. The number of rotatable bonds is 4. The van der Waals surface area contributed by atoms with Crippen LogP contribution in [0.1, 0.15) is 60.0 Å². The normalized spacial score (nSPS) is 33.4. The third-order valence-corrected chi connectivity index (χ3v) is 7.02. The molecule has 3 heterocycles. The Hall–Kier alpha value is -2.29. The number of amides is 3. The van der Waals surface area contributed by atoms with Crippen molar-refractivity contribution in [1.29, 1.82) is 0 Å². The second-order valence-corrected chi connectivity index (χ2v) is 9.11. The molecule has 0 radical (unpaired) electrons. The highest BCUT2D eigenvalue weighted by atomic mass is 16.5. The number of piperidine rings is 1. The number of imide groups is 1. The van der Waals surface area contributed by atoms with E-state index in [1.807, 2.05) is 18.2 Å². The van der Waals surface area contributed by atoms with Crippen LogP contribution in [-0.4, -0.2) is 53.0 Å². The van der Waals surface area contributed by atoms with Crippen LogP contribution in [0.25, 0.3) is 0 Å². The summed E-state index contributed by atoms with van der Waals surface area (Å²) < 4.78 is 6.01. The molecule has 4 aliphatic rings. The summed E-state index contributed by atoms with van der Waals surface area (Å²) in [5.41, 5.74) is 8.65. The Bertz CT molecular complexity index is 890. The first-order valence-corrected chi connectivity index (χ1v) is 10.8. The van der Waals surface area contributed by atoms with E-state index in [2.05, 4.69) is 10.6 Å². The van der Waals surface area contributed by atoms with E-state index in [1.54, 1.807) is 4.90 Å². The molecule has 8 heteroatoms. The summed E-state index contributed by atoms with van der Waals surface area (Å²) in [6, 6.07) is 5.81. The molecule has 1 saturated carbocycles. The SMILES string of the molecule is NC1CC2(C1)CC(NCc1cccc3c1CN(C1CCC(=O)NC1=O)C3=O)CCO2. The van der Waals surface area contributed by atoms with E-state index in [9.17, 15) is 14.4 Å². The molecule has 1 aromatic rings. The number of carbonyl (C=O) groups excluding carboxylic acids is 3. The highest BCUT2D eigenvalue weighted by Crippen LogP contribution is 2.41. The van der Waals surface area contributed by atoms with E-state index in [1.165, 1.54) is 0 Å². The standard InChI is InChI=1S/C22H28N4O4/c23-14-8-22(9-14)10-15(6-7-30-22)24-11-13-2-1-3-16-17(13)12-26(21(16)29)18-4-5-19(27)25-20(18)28/h1-3,14-15,18,24H,4-12,23H2,(H,25,27,28). The molecule has 5 rings (SSSR count). The first-order valence-electron chi connectivity index (χ1n) is 10.8. The smallest absolute Gasteiger partial charge is 0.255 e. The molecule has 0 bridgehead atoms. The molecule has 1 aromatic carbocycles. The van der Waals surface area contributed by atoms with Gasteiger partial charge in [-0.2, -0.15) is 0 Å². The maximum Gasteiger partial charge on any atom is 0.255 e. The largest absolute Gasteiger partial charge is 0.375 e. The fraction of sp³-hybridized carbons (Fsp3) is 0.591. The van der Waals surface area contributed by atoms with E-state index in [0.29, 0.717) is 31.1 Å². The van der Waals surface area contributed by atoms with Crippen LogP contribution in [0.4, 0.5) is 0 Å². The second kappa shape index (κ2) is 7.44. The molecule has 3 fully saturated rings. The summed E-state index contributed by atoms with van der Waals surface area (Å²) in [7, 11) is 0. The number of hydrogen-bond donors (Lipinski definition) is 3. The minimum atomic E-state index is -0.582. The van der Waals surface area contributed by atoms with Crippen molar-refractivity contribution in [1.82, 2.24) is 15.5 Å². The van der Waals surface area contributed by atoms with Crippen molar-refractivity contribution in [3.8, 4) is 0 Å². The molecule has 160 valence electrons. The van der Waals surface area contributed by atoms with Crippen molar-refractivity contribution in [2.45, 2.75) is 75.3 Å². The number of benzene rings is 1. The Balaban J connectivity index is 1.26. The van der Waals surface area contributed by atoms with E-state index >= 15 is 0 Å². The van der Waals surface area contributed by atoms with Crippen LogP contribution in [0.3, 0.4) is 0 Å². The molecular weight excluding hydrogens is 384 g/mol. The van der Waals surface area contributed by atoms with Gasteiger partial charge in [0.15, 0.2) is 0 Å². The van der Waals surface area contributed by atoms with Crippen LogP contribution in [-0.2, 0) is 27.4 Å². The van der Waals surface area contributed by atoms with Gasteiger partial charge in [-0.1, -0.05) is 12.1 Å². The van der Waals surface area contributed by atoms with E-state index in [0.717, 1.165) is 43.4 Å². The maximum atomic E-state index is 13.0. The molecule has 8 nitrogen and oxygen atoms in total. The lowest BCUT2D eigenvalue weighted by molar-refractivity contribution is -0.143. The van der Waals surface area contributed by atoms with Crippen LogP contribution in [0.2, 0.25) is 0 Å². The van der Waals surface area contributed by atoms with Gasteiger partial charge in [-0.05, 0) is 49.3 Å². The predicted molar refractivity (Wildman–Crippen MR) is 108 cm³/mol. The number of nitrogens with one attached hydrogen (secondary N) is 2. The van der Waals surface area contributed by atoms with Crippen molar-refractivity contribution >= 4 is 17.7 Å². The number of ether oxygens (including phenoxy) is 1. The van der Waals surface area contributed by atoms with Gasteiger partial charge in [-0.25, -0.2) is 0 Å². The average Bonchev–Trinajstić information content (AvgIpc) is 3.03. The summed E-state index contributed by atoms with van der Waals surface area (Å²) >= 11 is 0. The molecule has 2 unspecified atom stereocenters. The summed E-state index contributed by atoms with van der Waals surface area (Å²) in [6.45, 7) is 1.83. The van der Waals surface area contributed by atoms with Gasteiger partial charge in [0.25, 0.3) is 5.91 Å². The molecular formula is C22H28N4O4. The van der Waals surface area contributed by atoms with Crippen LogP contribution >= 0.6 is 0 Å². The Morgan fingerprint density at radius 2 is 2.03 bits per heavy atom. The van der Waals surface area contributed by atoms with E-state index in [4.69, 9.17) is 10.5 Å². The lowest BCUT2D eigenvalue weighted by atomic mass is 9.71. The second-order valence-electron chi connectivity index (χ2n) is 9.11. The van der Waals surface area contributed by atoms with Crippen LogP contribution in [0, 0.1) is 0 Å². The summed E-state index contributed by atoms with van der Waals surface area (Å²) in [5.74, 6) is -0.778. The van der Waals surface area contributed by atoms with Gasteiger partial charge >= 0.3 is 0 Å². The molecule has 30 heavy (non-hydrogen) atoms. The molecule has 3 amide bonds. The zero-order valence-corrected chi connectivity index (χ0v) is 17.0. The van der Waals surface area contributed by atoms with Gasteiger partial charge in [-0.3, -0.25) is 19.7 Å². The van der Waals surface area contributed by atoms with Gasteiger partial charge in [0.1, 0.15) is 6.04 Å². The summed E-state index contributed by atoms with van der Waals surface area (Å²) in [5, 5.41) is 6.01. The summed E-state index contributed by atoms with van der Waals surface area (Å²) in [4.78, 5) is 38.3. The zero-order valence-electron chi connectivity index (χ0n) is 17.0. The van der Waals surface area contributed by atoms with Crippen molar-refractivity contribution in [2.24, 2.45) is 5.73 Å². The third-order valence-electron chi connectivity index (χ3n) is 7.02. The highest BCUT2D eigenvalue weighted by molar-refractivity contribution is 6.05. The first kappa shape index (κ1) is 19.7. The van der Waals surface area contributed by atoms with Gasteiger partial charge in [0.05, 0.1) is 5.60 Å². The minimum Gasteiger partial charge on any atom is -0.375 e. The van der Waals surface area contributed by atoms with Gasteiger partial charge in [0, 0.05) is 43.8 Å². The van der Waals surface area contributed by atoms with Crippen LogP contribution in [0.5, 0.6) is 0 Å². The number of hydrogen-bond acceptors (Lipinski definition) is 6. The molecule has 4 N–H and O–H groups in total. The number of nitrogens with two attached hydrogens (primary N) is 1. The predicted octanol–water partition coefficient (Wildman–Crippen LogP) is 0.576. The fourth-order valence-electron chi connectivity index (χ4n) is 5.45. The van der Waals surface area contributed by atoms with Crippen molar-refractivity contribution in [3.63, 3.8) is 0 Å². The van der Waals surface area contributed by atoms with E-state index < -0.39 is 6.04 Å². The Labute approximate surface area is 175 Å². The number of carbonyl (C=O) groups is 3. The van der Waals surface area contributed by atoms with Crippen molar-refractivity contribution in [3.05, 3.63) is 34.9 Å². The Morgan fingerprint density at radius 1 is 1.20 bits per heavy atom. The monoisotopic (exact) mass is 412 g/mol. The van der Waals surface area contributed by atoms with Crippen molar-refractivity contribution < 1.29 is 19.1 Å². The summed E-state index contributed by atoms with van der Waals surface area (Å²) in [6.07, 6.45) is 4.44. The van der Waals surface area contributed by atoms with Crippen molar-refractivity contribution in [2.75, 3.05) is 6.61 Å². The minimum absolute atomic E-state index is 0.0491. The molecule has 1 aliphatic carbocycles. The van der Waals surface area contributed by atoms with E-state index in [-0.39, 0.29) is 35.8 Å². The Morgan fingerprint density at radius 3 is 2.80 bits per heavy atom. The lowest BCUT2D eigenvalue weighted by Crippen LogP contribution is -2.58. The lowest BCUT2D eigenvalue weighted by Gasteiger charge is -2.50. The maximum absolute atomic E-state index is 13.0. The van der Waals surface area contributed by atoms with Crippen LogP contribution in [0.15, 0.2) is 18.2 Å². The molecule has 1 spiro atoms. The zero-order chi connectivity index (χ0) is 20.9. The third kappa shape index (κ3) is 3.42. The molecule has 2 atom stereocenters. The molecule has 3 aliphatic heterocycles. The number of nitrogens with zero attached hydrogens (tertiary/aromatic N) is 1. The molecule has 0 aromatic heterocycles. The molecule has 2 saturated heterocycles.